The molecule has 4 heterocycles. The summed E-state index contributed by atoms with van der Waals surface area (Å²) >= 11 is 6.12. The highest BCUT2D eigenvalue weighted by Gasteiger charge is 2.60. The van der Waals surface area contributed by atoms with Crippen LogP contribution in [0.25, 0.3) is 11.2 Å². The number of carbonyl (C=O) groups excluding carboxylic acids is 1. The molecule has 1 amide bonds. The van der Waals surface area contributed by atoms with Crippen molar-refractivity contribution in [1.29, 1.82) is 5.26 Å². The van der Waals surface area contributed by atoms with Crippen LogP contribution in [0.4, 0.5) is 5.95 Å². The molecule has 368 valence electrons. The van der Waals surface area contributed by atoms with Crippen molar-refractivity contribution in [3.63, 3.8) is 0 Å². The SMILES string of the molecule is CC(C)C(=O)Nc1nc2c(nnn2[C@@H]2O[C@H](CO)[C@@H](O[Si](O[Si](O)(C(C)C)C(C)C)(C(C)C)C(C)C)[C@H]2O[P@](=S)(OCCC#N)OC[C@H]2C[C@@H](Oc3ccncn3)C[C@@H]2O[PH](=O)O)c(=O)[nH]1. The van der Waals surface area contributed by atoms with Crippen LogP contribution in [-0.4, -0.2) is 123 Å². The molecule has 2 fully saturated rings. The van der Waals surface area contributed by atoms with Crippen LogP contribution >= 0.6 is 15.0 Å². The lowest BCUT2D eigenvalue weighted by atomic mass is 10.1. The summed E-state index contributed by atoms with van der Waals surface area (Å²) in [6.07, 6.45) is -3.44. The lowest BCUT2D eigenvalue weighted by Crippen LogP contribution is -2.62. The van der Waals surface area contributed by atoms with E-state index < -0.39 is 98.8 Å². The third-order valence-electron chi connectivity index (χ3n) is 11.6. The van der Waals surface area contributed by atoms with Crippen molar-refractivity contribution in [3.8, 4) is 11.9 Å². The summed E-state index contributed by atoms with van der Waals surface area (Å²) in [5, 5.41) is 31.5. The summed E-state index contributed by atoms with van der Waals surface area (Å²) in [4.78, 5) is 63.2. The number of aromatic nitrogens is 7. The number of rotatable bonds is 24. The highest BCUT2D eigenvalue weighted by atomic mass is 32.5. The minimum atomic E-state index is -4.09. The van der Waals surface area contributed by atoms with Gasteiger partial charge in [-0.05, 0) is 40.4 Å². The van der Waals surface area contributed by atoms with Gasteiger partial charge in [-0.15, -0.1) is 5.10 Å². The van der Waals surface area contributed by atoms with Gasteiger partial charge in [0.15, 0.2) is 17.4 Å². The van der Waals surface area contributed by atoms with Gasteiger partial charge in [-0.3, -0.25) is 29.0 Å². The number of aliphatic hydroxyl groups is 1. The van der Waals surface area contributed by atoms with Crippen LogP contribution < -0.4 is 15.6 Å². The van der Waals surface area contributed by atoms with E-state index in [1.807, 2.05) is 61.5 Å². The number of H-pyrrole nitrogens is 1. The number of nitriles is 1. The number of nitrogens with one attached hydrogen (secondary N) is 2. The number of hydrogen-bond acceptors (Lipinski definition) is 20. The van der Waals surface area contributed by atoms with Crippen LogP contribution in [0.3, 0.4) is 0 Å². The monoisotopic (exact) mass is 1020 g/mol. The lowest BCUT2D eigenvalue weighted by molar-refractivity contribution is -0.118. The van der Waals surface area contributed by atoms with E-state index in [0.29, 0.717) is 0 Å². The molecule has 23 nitrogen and oxygen atoms in total. The summed E-state index contributed by atoms with van der Waals surface area (Å²) in [5.41, 5.74) is -2.18. The molecule has 2 aliphatic rings. The molecule has 66 heavy (non-hydrogen) atoms. The number of hydrogen-bond donors (Lipinski definition) is 5. The zero-order valence-corrected chi connectivity index (χ0v) is 43.4. The largest absolute Gasteiger partial charge is 0.474 e. The maximum atomic E-state index is 13.4. The van der Waals surface area contributed by atoms with Gasteiger partial charge in [0.2, 0.25) is 17.7 Å². The van der Waals surface area contributed by atoms with Gasteiger partial charge >= 0.3 is 32.1 Å². The minimum Gasteiger partial charge on any atom is -0.474 e. The molecule has 1 aliphatic carbocycles. The first-order valence-electron chi connectivity index (χ1n) is 21.9. The first-order chi connectivity index (χ1) is 31.1. The van der Waals surface area contributed by atoms with Crippen LogP contribution in [0, 0.1) is 23.2 Å². The van der Waals surface area contributed by atoms with E-state index in [4.69, 9.17) is 47.9 Å². The number of amides is 1. The second-order valence-electron chi connectivity index (χ2n) is 17.8. The Hall–Kier alpha value is -2.97. The Labute approximate surface area is 391 Å². The normalized spacial score (nSPS) is 24.2. The van der Waals surface area contributed by atoms with Gasteiger partial charge in [0.25, 0.3) is 5.56 Å². The Kier molecular flexibility index (Phi) is 18.9. The molecule has 28 heteroatoms. The van der Waals surface area contributed by atoms with E-state index in [2.05, 4.69) is 35.6 Å². The quantitative estimate of drug-likeness (QED) is 0.0453. The fourth-order valence-electron chi connectivity index (χ4n) is 7.95. The molecule has 1 saturated heterocycles. The van der Waals surface area contributed by atoms with Gasteiger partial charge in [0, 0.05) is 30.5 Å². The van der Waals surface area contributed by atoms with E-state index in [1.54, 1.807) is 19.9 Å². The Balaban J connectivity index is 1.62. The number of carbonyl (C=O) groups is 1. The summed E-state index contributed by atoms with van der Waals surface area (Å²) in [6, 6.07) is 3.59. The second kappa shape index (κ2) is 23.1. The van der Waals surface area contributed by atoms with Crippen LogP contribution in [0.1, 0.15) is 94.7 Å². The number of nitrogens with zero attached hydrogens (tertiary/aromatic N) is 7. The molecule has 0 aromatic carbocycles. The summed E-state index contributed by atoms with van der Waals surface area (Å²) in [6.45, 7) is 13.5. The molecular weight excluding hydrogens is 957 g/mol. The Morgan fingerprint density at radius 2 is 1.80 bits per heavy atom. The fraction of sp³-hybridized carbons (Fsp3) is 0.737. The molecular formula is C38H63N9O14P2SSi2. The van der Waals surface area contributed by atoms with E-state index in [-0.39, 0.29) is 77.6 Å². The summed E-state index contributed by atoms with van der Waals surface area (Å²) in [5.74, 6) is -1.39. The average molecular weight is 1020 g/mol. The number of ether oxygens (including phenoxy) is 2. The van der Waals surface area contributed by atoms with Gasteiger partial charge in [-0.2, -0.15) is 14.9 Å². The van der Waals surface area contributed by atoms with Crippen molar-refractivity contribution >= 4 is 66.9 Å². The molecule has 0 spiro atoms. The smallest absolute Gasteiger partial charge is 0.335 e. The summed E-state index contributed by atoms with van der Waals surface area (Å²) in [7, 11) is -10.6. The predicted molar refractivity (Wildman–Crippen MR) is 247 cm³/mol. The van der Waals surface area contributed by atoms with Crippen molar-refractivity contribution in [2.75, 3.05) is 25.1 Å². The van der Waals surface area contributed by atoms with Crippen molar-refractivity contribution in [3.05, 3.63) is 28.9 Å². The third-order valence-corrected chi connectivity index (χ3v) is 24.2. The Morgan fingerprint density at radius 1 is 1.11 bits per heavy atom. The van der Waals surface area contributed by atoms with E-state index in [9.17, 15) is 34.2 Å². The second-order valence-corrected chi connectivity index (χ2v) is 30.1. The molecule has 0 bridgehead atoms. The topological polar surface area (TPSA) is 307 Å². The van der Waals surface area contributed by atoms with Crippen molar-refractivity contribution in [2.45, 2.75) is 147 Å². The van der Waals surface area contributed by atoms with E-state index in [1.165, 1.54) is 12.5 Å². The molecule has 5 N–H and O–H groups in total. The molecule has 1 saturated carbocycles. The molecule has 3 aromatic rings. The standard InChI is InChI=1S/C38H63N9O14P2SSi2/c1-21(2)35(49)43-38-42-34-31(36(50)44-38)45-46-47(34)37-33(32(29(18-48)57-37)60-66(24(7)8,25(9)10)61-65(53,22(3)4)23(5)6)59-63(64,54-15-11-13-39)55-19-26-16-27(17-28(26)58-62(51)52)56-30-12-14-40-20-41-30/h12,14,20-29,32-33,37,48,53,62H,11,15-19H2,1-10H3,(H,51,52)(H2,42,43,44,49,50)/t26-,27-,28+,29-,32-,33-,37-,63+/m1/s1. The van der Waals surface area contributed by atoms with Gasteiger partial charge in [0.05, 0.1) is 38.4 Å². The zero-order valence-electron chi connectivity index (χ0n) is 38.7. The van der Waals surface area contributed by atoms with E-state index in [0.717, 1.165) is 4.68 Å². The predicted octanol–water partition coefficient (Wildman–Crippen LogP) is 4.89. The fourth-order valence-corrected chi connectivity index (χ4v) is 20.5. The van der Waals surface area contributed by atoms with Crippen LogP contribution in [0.15, 0.2) is 23.4 Å². The number of aliphatic hydroxyl groups excluding tert-OH is 1. The van der Waals surface area contributed by atoms with E-state index >= 15 is 0 Å². The molecule has 1 unspecified atom stereocenters. The van der Waals surface area contributed by atoms with Gasteiger partial charge in [0.1, 0.15) is 30.7 Å². The number of aromatic amines is 1. The zero-order chi connectivity index (χ0) is 48.7. The van der Waals surface area contributed by atoms with Gasteiger partial charge < -0.3 is 46.4 Å². The Morgan fingerprint density at radius 3 is 2.38 bits per heavy atom. The highest BCUT2D eigenvalue weighted by molar-refractivity contribution is 8.07. The molecule has 0 radical (unpaired) electrons. The first-order valence-corrected chi connectivity index (χ1v) is 29.7. The first kappa shape index (κ1) is 54.0. The van der Waals surface area contributed by atoms with Crippen molar-refractivity contribution in [2.24, 2.45) is 11.8 Å². The van der Waals surface area contributed by atoms with Crippen molar-refractivity contribution in [1.82, 2.24) is 34.9 Å². The molecule has 3 aromatic heterocycles. The van der Waals surface area contributed by atoms with Gasteiger partial charge in [-0.1, -0.05) is 74.5 Å². The molecule has 1 aliphatic heterocycles. The van der Waals surface area contributed by atoms with Gasteiger partial charge in [-0.25, -0.2) is 9.97 Å². The number of anilines is 1. The number of fused-ring (bicyclic) bond motifs is 1. The van der Waals surface area contributed by atoms with Crippen LogP contribution in [0.2, 0.25) is 22.2 Å². The molecule has 9 atom stereocenters. The minimum absolute atomic E-state index is 0.116. The third kappa shape index (κ3) is 12.6. The average Bonchev–Trinajstić information content (AvgIpc) is 3.94. The maximum Gasteiger partial charge on any atom is 0.335 e. The molecule has 5 rings (SSSR count). The van der Waals surface area contributed by atoms with Crippen LogP contribution in [-0.2, 0) is 52.5 Å². The highest BCUT2D eigenvalue weighted by Crippen LogP contribution is 2.56. The van der Waals surface area contributed by atoms with Crippen LogP contribution in [0.5, 0.6) is 5.88 Å². The summed E-state index contributed by atoms with van der Waals surface area (Å²) < 4.78 is 65.0. The van der Waals surface area contributed by atoms with Crippen molar-refractivity contribution < 1.29 is 60.3 Å². The Bertz CT molecular complexity index is 2260. The lowest BCUT2D eigenvalue weighted by Gasteiger charge is -2.47. The maximum absolute atomic E-state index is 13.4.